The van der Waals surface area contributed by atoms with Crippen molar-refractivity contribution in [1.29, 1.82) is 0 Å². The Labute approximate surface area is 158 Å². The van der Waals surface area contributed by atoms with E-state index in [1.54, 1.807) is 18.0 Å². The first-order chi connectivity index (χ1) is 12.5. The molecule has 6 heteroatoms. The van der Waals surface area contributed by atoms with Crippen molar-refractivity contribution >= 4 is 29.1 Å². The number of hydrogen-bond acceptors (Lipinski definition) is 3. The highest BCUT2D eigenvalue weighted by Gasteiger charge is 2.42. The fraction of sp³-hybridized carbons (Fsp3) is 0.300. The van der Waals surface area contributed by atoms with Crippen molar-refractivity contribution in [2.45, 2.75) is 18.9 Å². The van der Waals surface area contributed by atoms with Crippen LogP contribution in [0, 0.1) is 5.92 Å². The molecule has 1 saturated heterocycles. The van der Waals surface area contributed by atoms with Crippen molar-refractivity contribution in [2.75, 3.05) is 19.3 Å². The molecule has 3 rings (SSSR count). The lowest BCUT2D eigenvalue weighted by Crippen LogP contribution is -2.35. The summed E-state index contributed by atoms with van der Waals surface area (Å²) < 4.78 is 0. The maximum absolute atomic E-state index is 12.7. The number of carbonyl (C=O) groups is 2. The van der Waals surface area contributed by atoms with E-state index in [-0.39, 0.29) is 24.3 Å². The SMILES string of the molecule is CN1C(=O)CC(C(=O)NCCc2ccc(N)cc2)C1c1cccc(Cl)c1. The molecule has 1 aliphatic heterocycles. The summed E-state index contributed by atoms with van der Waals surface area (Å²) in [5, 5.41) is 3.56. The van der Waals surface area contributed by atoms with Crippen LogP contribution in [0.3, 0.4) is 0 Å². The van der Waals surface area contributed by atoms with Gasteiger partial charge in [0, 0.05) is 30.7 Å². The van der Waals surface area contributed by atoms with E-state index < -0.39 is 5.92 Å². The van der Waals surface area contributed by atoms with Crippen molar-refractivity contribution in [3.8, 4) is 0 Å². The van der Waals surface area contributed by atoms with E-state index in [1.165, 1.54) is 0 Å². The number of nitrogens with one attached hydrogen (secondary N) is 1. The molecule has 2 aromatic rings. The van der Waals surface area contributed by atoms with Crippen LogP contribution in [0.1, 0.15) is 23.6 Å². The number of nitrogens with two attached hydrogens (primary N) is 1. The van der Waals surface area contributed by atoms with Crippen molar-refractivity contribution in [2.24, 2.45) is 5.92 Å². The molecule has 2 atom stereocenters. The van der Waals surface area contributed by atoms with Gasteiger partial charge in [-0.3, -0.25) is 9.59 Å². The second kappa shape index (κ2) is 7.79. The topological polar surface area (TPSA) is 75.4 Å². The third-order valence-electron chi connectivity index (χ3n) is 4.81. The van der Waals surface area contributed by atoms with Crippen LogP contribution < -0.4 is 11.1 Å². The van der Waals surface area contributed by atoms with Gasteiger partial charge < -0.3 is 16.0 Å². The Morgan fingerprint density at radius 1 is 1.27 bits per heavy atom. The van der Waals surface area contributed by atoms with Gasteiger partial charge in [0.25, 0.3) is 0 Å². The fourth-order valence-corrected chi connectivity index (χ4v) is 3.60. The van der Waals surface area contributed by atoms with Crippen LogP contribution in [-0.2, 0) is 16.0 Å². The minimum Gasteiger partial charge on any atom is -0.399 e. The molecule has 1 aliphatic rings. The van der Waals surface area contributed by atoms with Crippen molar-refractivity contribution in [3.63, 3.8) is 0 Å². The molecule has 0 saturated carbocycles. The number of nitrogen functional groups attached to an aromatic ring is 1. The number of amides is 2. The number of nitrogens with zero attached hydrogens (tertiary/aromatic N) is 1. The van der Waals surface area contributed by atoms with Gasteiger partial charge in [0.05, 0.1) is 12.0 Å². The molecule has 1 heterocycles. The predicted octanol–water partition coefficient (Wildman–Crippen LogP) is 2.80. The molecule has 0 spiro atoms. The first kappa shape index (κ1) is 18.3. The minimum absolute atomic E-state index is 0.0336. The third-order valence-corrected chi connectivity index (χ3v) is 5.04. The molecule has 0 aliphatic carbocycles. The van der Waals surface area contributed by atoms with Gasteiger partial charge in [-0.1, -0.05) is 35.9 Å². The number of rotatable bonds is 5. The van der Waals surface area contributed by atoms with Crippen LogP contribution in [0.2, 0.25) is 5.02 Å². The monoisotopic (exact) mass is 371 g/mol. The Bertz CT molecular complexity index is 807. The van der Waals surface area contributed by atoms with E-state index in [0.717, 1.165) is 16.8 Å². The molecule has 0 aromatic heterocycles. The van der Waals surface area contributed by atoms with Crippen LogP contribution in [0.15, 0.2) is 48.5 Å². The number of halogens is 1. The lowest BCUT2D eigenvalue weighted by molar-refractivity contribution is -0.128. The Morgan fingerprint density at radius 2 is 2.00 bits per heavy atom. The molecule has 5 nitrogen and oxygen atoms in total. The Balaban J connectivity index is 1.66. The Hall–Kier alpha value is -2.53. The van der Waals surface area contributed by atoms with Crippen LogP contribution in [0.5, 0.6) is 0 Å². The second-order valence-electron chi connectivity index (χ2n) is 6.60. The first-order valence-electron chi connectivity index (χ1n) is 8.59. The van der Waals surface area contributed by atoms with Gasteiger partial charge in [-0.2, -0.15) is 0 Å². The largest absolute Gasteiger partial charge is 0.399 e. The predicted molar refractivity (Wildman–Crippen MR) is 103 cm³/mol. The summed E-state index contributed by atoms with van der Waals surface area (Å²) in [7, 11) is 1.73. The molecule has 136 valence electrons. The zero-order valence-electron chi connectivity index (χ0n) is 14.6. The highest BCUT2D eigenvalue weighted by atomic mass is 35.5. The van der Waals surface area contributed by atoms with Crippen molar-refractivity contribution < 1.29 is 9.59 Å². The molecule has 26 heavy (non-hydrogen) atoms. The van der Waals surface area contributed by atoms with Gasteiger partial charge >= 0.3 is 0 Å². The number of likely N-dealkylation sites (tertiary alicyclic amines) is 1. The normalized spacial score (nSPS) is 19.6. The molecular formula is C20H22ClN3O2. The van der Waals surface area contributed by atoms with Crippen LogP contribution in [0.25, 0.3) is 0 Å². The third kappa shape index (κ3) is 3.99. The maximum atomic E-state index is 12.7. The summed E-state index contributed by atoms with van der Waals surface area (Å²) in [6.07, 6.45) is 0.922. The molecule has 3 N–H and O–H groups in total. The quantitative estimate of drug-likeness (QED) is 0.793. The van der Waals surface area contributed by atoms with Crippen molar-refractivity contribution in [1.82, 2.24) is 10.2 Å². The van der Waals surface area contributed by atoms with E-state index in [2.05, 4.69) is 5.32 Å². The summed E-state index contributed by atoms with van der Waals surface area (Å²) in [5.41, 5.74) is 8.38. The lowest BCUT2D eigenvalue weighted by Gasteiger charge is -2.25. The molecule has 2 aromatic carbocycles. The molecule has 2 unspecified atom stereocenters. The average molecular weight is 372 g/mol. The zero-order valence-corrected chi connectivity index (χ0v) is 15.4. The van der Waals surface area contributed by atoms with Gasteiger partial charge in [-0.15, -0.1) is 0 Å². The van der Waals surface area contributed by atoms with E-state index >= 15 is 0 Å². The molecule has 2 amide bonds. The maximum Gasteiger partial charge on any atom is 0.226 e. The zero-order chi connectivity index (χ0) is 18.7. The van der Waals surface area contributed by atoms with Gasteiger partial charge in [0.15, 0.2) is 0 Å². The summed E-state index contributed by atoms with van der Waals surface area (Å²) in [4.78, 5) is 26.5. The van der Waals surface area contributed by atoms with Crippen molar-refractivity contribution in [3.05, 3.63) is 64.7 Å². The molecule has 1 fully saturated rings. The Kier molecular flexibility index (Phi) is 5.47. The van der Waals surface area contributed by atoms with Gasteiger partial charge in [0.2, 0.25) is 11.8 Å². The number of anilines is 1. The van der Waals surface area contributed by atoms with E-state index in [9.17, 15) is 9.59 Å². The van der Waals surface area contributed by atoms with Gasteiger partial charge in [0.1, 0.15) is 0 Å². The minimum atomic E-state index is -0.419. The average Bonchev–Trinajstić information content (AvgIpc) is 2.92. The van der Waals surface area contributed by atoms with E-state index in [1.807, 2.05) is 42.5 Å². The van der Waals surface area contributed by atoms with Gasteiger partial charge in [-0.25, -0.2) is 0 Å². The second-order valence-corrected chi connectivity index (χ2v) is 7.03. The highest BCUT2D eigenvalue weighted by Crippen LogP contribution is 2.37. The summed E-state index contributed by atoms with van der Waals surface area (Å²) in [6.45, 7) is 0.513. The molecule has 0 bridgehead atoms. The standard InChI is InChI=1S/C20H22ClN3O2/c1-24-18(25)12-17(19(24)14-3-2-4-15(21)11-14)20(26)23-10-9-13-5-7-16(22)8-6-13/h2-8,11,17,19H,9-10,12,22H2,1H3,(H,23,26). The number of benzene rings is 2. The smallest absolute Gasteiger partial charge is 0.226 e. The first-order valence-corrected chi connectivity index (χ1v) is 8.97. The van der Waals surface area contributed by atoms with E-state index in [4.69, 9.17) is 17.3 Å². The fourth-order valence-electron chi connectivity index (χ4n) is 3.40. The summed E-state index contributed by atoms with van der Waals surface area (Å²) >= 11 is 6.08. The molecule has 0 radical (unpaired) electrons. The lowest BCUT2D eigenvalue weighted by atomic mass is 9.93. The van der Waals surface area contributed by atoms with E-state index in [0.29, 0.717) is 18.0 Å². The highest BCUT2D eigenvalue weighted by molar-refractivity contribution is 6.30. The van der Waals surface area contributed by atoms with Crippen LogP contribution in [0.4, 0.5) is 5.69 Å². The van der Waals surface area contributed by atoms with Crippen LogP contribution in [-0.4, -0.2) is 30.3 Å². The van der Waals surface area contributed by atoms with Gasteiger partial charge in [-0.05, 0) is 41.8 Å². The number of carbonyl (C=O) groups excluding carboxylic acids is 2. The summed E-state index contributed by atoms with van der Waals surface area (Å²) in [6, 6.07) is 14.6. The Morgan fingerprint density at radius 3 is 2.69 bits per heavy atom. The van der Waals surface area contributed by atoms with Crippen LogP contribution >= 0.6 is 11.6 Å². The number of hydrogen-bond donors (Lipinski definition) is 2. The molecular weight excluding hydrogens is 350 g/mol. The summed E-state index contributed by atoms with van der Waals surface area (Å²) in [5.74, 6) is -0.561.